The van der Waals surface area contributed by atoms with Crippen LogP contribution < -0.4 is 5.32 Å². The van der Waals surface area contributed by atoms with Crippen LogP contribution in [-0.2, 0) is 0 Å². The Morgan fingerprint density at radius 3 is 2.60 bits per heavy atom. The van der Waals surface area contributed by atoms with Crippen molar-refractivity contribution in [2.75, 3.05) is 6.54 Å². The smallest absolute Gasteiger partial charge is 0.0591 e. The summed E-state index contributed by atoms with van der Waals surface area (Å²) in [5, 5.41) is 4.39. The van der Waals surface area contributed by atoms with Crippen LogP contribution in [0.5, 0.6) is 0 Å². The first-order valence-electron chi connectivity index (χ1n) is 6.87. The molecule has 0 amide bonds. The fraction of sp³-hybridized carbons (Fsp3) is 0.294. The van der Waals surface area contributed by atoms with Crippen LogP contribution in [0.15, 0.2) is 46.9 Å². The number of rotatable bonds is 5. The Kier molecular flexibility index (Phi) is 5.64. The van der Waals surface area contributed by atoms with E-state index in [-0.39, 0.29) is 6.04 Å². The zero-order valence-corrected chi connectivity index (χ0v) is 14.1. The van der Waals surface area contributed by atoms with Gasteiger partial charge in [-0.05, 0) is 54.8 Å². The number of nitrogens with one attached hydrogen (secondary N) is 1. The van der Waals surface area contributed by atoms with Crippen molar-refractivity contribution in [3.8, 4) is 0 Å². The van der Waals surface area contributed by atoms with Crippen LogP contribution in [0.2, 0.25) is 5.02 Å². The van der Waals surface area contributed by atoms with E-state index in [4.69, 9.17) is 11.6 Å². The topological polar surface area (TPSA) is 12.0 Å². The van der Waals surface area contributed by atoms with Crippen LogP contribution in [0.25, 0.3) is 0 Å². The molecule has 0 aromatic heterocycles. The van der Waals surface area contributed by atoms with Crippen molar-refractivity contribution >= 4 is 27.5 Å². The van der Waals surface area contributed by atoms with Gasteiger partial charge < -0.3 is 5.32 Å². The Hall–Kier alpha value is -0.830. The van der Waals surface area contributed by atoms with Crippen LogP contribution in [0, 0.1) is 6.92 Å². The average Bonchev–Trinajstić information content (AvgIpc) is 2.44. The Bertz CT molecular complexity index is 583. The van der Waals surface area contributed by atoms with Gasteiger partial charge in [-0.2, -0.15) is 0 Å². The second kappa shape index (κ2) is 7.26. The minimum atomic E-state index is 0.157. The highest BCUT2D eigenvalue weighted by molar-refractivity contribution is 9.10. The lowest BCUT2D eigenvalue weighted by atomic mass is 9.95. The summed E-state index contributed by atoms with van der Waals surface area (Å²) in [6.45, 7) is 5.29. The summed E-state index contributed by atoms with van der Waals surface area (Å²) in [4.78, 5) is 0. The van der Waals surface area contributed by atoms with Crippen molar-refractivity contribution in [3.63, 3.8) is 0 Å². The Morgan fingerprint density at radius 1 is 1.15 bits per heavy atom. The van der Waals surface area contributed by atoms with E-state index in [1.165, 1.54) is 16.7 Å². The molecule has 2 aromatic rings. The van der Waals surface area contributed by atoms with E-state index in [2.05, 4.69) is 59.4 Å². The molecule has 2 aromatic carbocycles. The van der Waals surface area contributed by atoms with Gasteiger partial charge in [0.2, 0.25) is 0 Å². The lowest BCUT2D eigenvalue weighted by Gasteiger charge is -2.23. The molecular weight excluding hydrogens is 334 g/mol. The van der Waals surface area contributed by atoms with Gasteiger partial charge in [0.05, 0.1) is 6.04 Å². The number of hydrogen-bond donors (Lipinski definition) is 1. The minimum Gasteiger partial charge on any atom is -0.306 e. The third kappa shape index (κ3) is 3.63. The zero-order chi connectivity index (χ0) is 14.5. The quantitative estimate of drug-likeness (QED) is 0.749. The van der Waals surface area contributed by atoms with Gasteiger partial charge in [-0.15, -0.1) is 0 Å². The maximum absolute atomic E-state index is 6.17. The molecule has 3 heteroatoms. The highest BCUT2D eigenvalue weighted by Gasteiger charge is 2.18. The fourth-order valence-electron chi connectivity index (χ4n) is 2.32. The van der Waals surface area contributed by atoms with E-state index in [0.717, 1.165) is 22.5 Å². The number of hydrogen-bond acceptors (Lipinski definition) is 1. The fourth-order valence-corrected chi connectivity index (χ4v) is 2.98. The number of benzene rings is 2. The van der Waals surface area contributed by atoms with E-state index in [9.17, 15) is 0 Å². The first-order valence-corrected chi connectivity index (χ1v) is 8.04. The van der Waals surface area contributed by atoms with Crippen molar-refractivity contribution in [1.82, 2.24) is 5.32 Å². The Balaban J connectivity index is 2.47. The molecule has 1 nitrogen and oxygen atoms in total. The largest absolute Gasteiger partial charge is 0.306 e. The third-order valence-corrected chi connectivity index (χ3v) is 4.32. The van der Waals surface area contributed by atoms with Gasteiger partial charge in [0.1, 0.15) is 0 Å². The van der Waals surface area contributed by atoms with Crippen molar-refractivity contribution in [2.45, 2.75) is 26.3 Å². The summed E-state index contributed by atoms with van der Waals surface area (Å²) in [6, 6.07) is 14.6. The van der Waals surface area contributed by atoms with Crippen LogP contribution in [-0.4, -0.2) is 6.54 Å². The standard InChI is InChI=1S/C17H19BrClN/c1-3-10-20-17(14-7-5-4-6-12(14)2)15-11-13(19)8-9-16(15)18/h4-9,11,17,20H,3,10H2,1-2H3. The molecule has 0 saturated carbocycles. The maximum Gasteiger partial charge on any atom is 0.0591 e. The molecular formula is C17H19BrClN. The molecule has 0 saturated heterocycles. The van der Waals surface area contributed by atoms with Crippen molar-refractivity contribution in [2.24, 2.45) is 0 Å². The summed E-state index contributed by atoms with van der Waals surface area (Å²) in [6.07, 6.45) is 1.10. The van der Waals surface area contributed by atoms with Gasteiger partial charge in [0.15, 0.2) is 0 Å². The molecule has 2 rings (SSSR count). The summed E-state index contributed by atoms with van der Waals surface area (Å²) in [5.74, 6) is 0. The number of halogens is 2. The number of aryl methyl sites for hydroxylation is 1. The molecule has 1 N–H and O–H groups in total. The van der Waals surface area contributed by atoms with Crippen LogP contribution in [0.4, 0.5) is 0 Å². The first-order chi connectivity index (χ1) is 9.63. The highest BCUT2D eigenvalue weighted by atomic mass is 79.9. The normalized spacial score (nSPS) is 12.4. The van der Waals surface area contributed by atoms with E-state index >= 15 is 0 Å². The molecule has 0 aliphatic rings. The van der Waals surface area contributed by atoms with Gasteiger partial charge in [-0.25, -0.2) is 0 Å². The highest BCUT2D eigenvalue weighted by Crippen LogP contribution is 2.32. The van der Waals surface area contributed by atoms with Crippen LogP contribution in [0.3, 0.4) is 0 Å². The average molecular weight is 353 g/mol. The Morgan fingerprint density at radius 2 is 1.90 bits per heavy atom. The molecule has 0 bridgehead atoms. The molecule has 0 heterocycles. The van der Waals surface area contributed by atoms with Crippen LogP contribution >= 0.6 is 27.5 Å². The second-order valence-corrected chi connectivity index (χ2v) is 6.20. The van der Waals surface area contributed by atoms with Gasteiger partial charge in [-0.1, -0.05) is 58.7 Å². The van der Waals surface area contributed by atoms with Gasteiger partial charge in [0, 0.05) is 9.50 Å². The molecule has 0 radical (unpaired) electrons. The molecule has 106 valence electrons. The zero-order valence-electron chi connectivity index (χ0n) is 11.8. The summed E-state index contributed by atoms with van der Waals surface area (Å²) in [5.41, 5.74) is 3.76. The summed E-state index contributed by atoms with van der Waals surface area (Å²) >= 11 is 9.82. The van der Waals surface area contributed by atoms with Crippen molar-refractivity contribution in [1.29, 1.82) is 0 Å². The molecule has 0 aliphatic carbocycles. The molecule has 20 heavy (non-hydrogen) atoms. The molecule has 1 atom stereocenters. The van der Waals surface area contributed by atoms with Gasteiger partial charge in [-0.3, -0.25) is 0 Å². The predicted molar refractivity (Wildman–Crippen MR) is 90.5 cm³/mol. The molecule has 1 unspecified atom stereocenters. The summed E-state index contributed by atoms with van der Waals surface area (Å²) < 4.78 is 1.08. The van der Waals surface area contributed by atoms with Gasteiger partial charge in [0.25, 0.3) is 0 Å². The molecule has 0 aliphatic heterocycles. The van der Waals surface area contributed by atoms with Crippen LogP contribution in [0.1, 0.15) is 36.1 Å². The summed E-state index contributed by atoms with van der Waals surface area (Å²) in [7, 11) is 0. The lowest BCUT2D eigenvalue weighted by Crippen LogP contribution is -2.24. The van der Waals surface area contributed by atoms with Crippen molar-refractivity contribution < 1.29 is 0 Å². The SMILES string of the molecule is CCCNC(c1ccccc1C)c1cc(Cl)ccc1Br. The second-order valence-electron chi connectivity index (χ2n) is 4.91. The Labute approximate surface area is 134 Å². The van der Waals surface area contributed by atoms with E-state index < -0.39 is 0 Å². The third-order valence-electron chi connectivity index (χ3n) is 3.37. The molecule has 0 fully saturated rings. The van der Waals surface area contributed by atoms with Crippen molar-refractivity contribution in [3.05, 3.63) is 68.7 Å². The minimum absolute atomic E-state index is 0.157. The van der Waals surface area contributed by atoms with E-state index in [1.54, 1.807) is 0 Å². The van der Waals surface area contributed by atoms with E-state index in [1.807, 2.05) is 18.2 Å². The monoisotopic (exact) mass is 351 g/mol. The lowest BCUT2D eigenvalue weighted by molar-refractivity contribution is 0.594. The molecule has 0 spiro atoms. The van der Waals surface area contributed by atoms with Gasteiger partial charge >= 0.3 is 0 Å². The first kappa shape index (κ1) is 15.6. The van der Waals surface area contributed by atoms with E-state index in [0.29, 0.717) is 0 Å². The maximum atomic E-state index is 6.17. The predicted octanol–water partition coefficient (Wildman–Crippen LogP) is 5.50.